The molecule has 0 aliphatic rings. The Morgan fingerprint density at radius 3 is 1.70 bits per heavy atom. The summed E-state index contributed by atoms with van der Waals surface area (Å²) in [4.78, 5) is 48.9. The van der Waals surface area contributed by atoms with Crippen molar-refractivity contribution < 1.29 is 19.2 Å². The summed E-state index contributed by atoms with van der Waals surface area (Å²) in [5.41, 5.74) is -0.613. The Morgan fingerprint density at radius 1 is 0.950 bits per heavy atom. The summed E-state index contributed by atoms with van der Waals surface area (Å²) in [5, 5.41) is 0. The molecule has 0 spiro atoms. The van der Waals surface area contributed by atoms with Gasteiger partial charge in [-0.1, -0.05) is 13.8 Å². The van der Waals surface area contributed by atoms with Crippen LogP contribution in [0, 0.1) is 0 Å². The fourth-order valence-electron chi connectivity index (χ4n) is 1.93. The molecule has 112 valence electrons. The Bertz CT molecular complexity index is 419. The van der Waals surface area contributed by atoms with Crippen molar-refractivity contribution in [1.82, 2.24) is 9.71 Å². The molecule has 0 aliphatic heterocycles. The van der Waals surface area contributed by atoms with Crippen molar-refractivity contribution >= 4 is 31.6 Å². The molecule has 0 unspecified atom stereocenters. The summed E-state index contributed by atoms with van der Waals surface area (Å²) < 4.78 is 0. The van der Waals surface area contributed by atoms with Gasteiger partial charge in [0.05, 0.1) is 0 Å². The van der Waals surface area contributed by atoms with E-state index in [1.807, 2.05) is 20.8 Å². The van der Waals surface area contributed by atoms with Gasteiger partial charge >= 0.3 is 0 Å². The molecule has 6 nitrogen and oxygen atoms in total. The minimum atomic E-state index is -0.613. The van der Waals surface area contributed by atoms with Crippen molar-refractivity contribution in [3.8, 4) is 0 Å². The maximum absolute atomic E-state index is 12.2. The minimum Gasteiger partial charge on any atom is -0.336 e. The lowest BCUT2D eigenvalue weighted by molar-refractivity contribution is -0.152. The summed E-state index contributed by atoms with van der Waals surface area (Å²) in [6, 6.07) is 0. The number of hydrogen-bond acceptors (Lipinski definition) is 4. The van der Waals surface area contributed by atoms with E-state index in [4.69, 9.17) is 0 Å². The Kier molecular flexibility index (Phi) is 6.62. The van der Waals surface area contributed by atoms with Gasteiger partial charge in [-0.05, 0) is 19.8 Å². The van der Waals surface area contributed by atoms with Gasteiger partial charge in [-0.2, -0.15) is 0 Å². The van der Waals surface area contributed by atoms with Crippen molar-refractivity contribution in [2.45, 2.75) is 59.4 Å². The molecule has 0 aliphatic carbocycles. The molecule has 0 N–H and O–H groups in total. The largest absolute Gasteiger partial charge is 0.336 e. The van der Waals surface area contributed by atoms with Crippen LogP contribution in [0.15, 0.2) is 0 Å². The average Bonchev–Trinajstić information content (AvgIpc) is 2.36. The summed E-state index contributed by atoms with van der Waals surface area (Å²) >= 11 is 0. The SMILES string of the molecule is BN(C(C)=O)C(=O)CC(=O)N(C(C)=O)C(C)(CC)CC. The number of carbonyl (C=O) groups is 4. The van der Waals surface area contributed by atoms with E-state index in [-0.39, 0.29) is 5.91 Å². The first-order chi connectivity index (χ1) is 9.10. The van der Waals surface area contributed by atoms with E-state index in [9.17, 15) is 19.2 Å². The molecule has 7 heteroatoms. The number of amides is 4. The van der Waals surface area contributed by atoms with Crippen molar-refractivity contribution in [3.63, 3.8) is 0 Å². The third kappa shape index (κ3) is 4.18. The highest BCUT2D eigenvalue weighted by molar-refractivity contribution is 6.26. The zero-order valence-corrected chi connectivity index (χ0v) is 13.1. The summed E-state index contributed by atoms with van der Waals surface area (Å²) in [7, 11) is 1.31. The van der Waals surface area contributed by atoms with E-state index in [1.54, 1.807) is 0 Å². The van der Waals surface area contributed by atoms with Gasteiger partial charge in [-0.3, -0.25) is 24.1 Å². The number of imide groups is 2. The second-order valence-corrected chi connectivity index (χ2v) is 5.10. The van der Waals surface area contributed by atoms with Crippen LogP contribution in [-0.4, -0.2) is 46.9 Å². The Labute approximate surface area is 120 Å². The molecule has 0 saturated carbocycles. The summed E-state index contributed by atoms with van der Waals surface area (Å²) in [6.07, 6.45) is 0.725. The first-order valence-electron chi connectivity index (χ1n) is 6.71. The zero-order chi connectivity index (χ0) is 16.1. The summed E-state index contributed by atoms with van der Waals surface area (Å²) in [6.45, 7) is 8.13. The highest BCUT2D eigenvalue weighted by Gasteiger charge is 2.36. The Hall–Kier alpha value is -1.66. The molecule has 0 aromatic heterocycles. The lowest BCUT2D eigenvalue weighted by Crippen LogP contribution is -2.52. The normalized spacial score (nSPS) is 10.8. The molecule has 0 aromatic carbocycles. The monoisotopic (exact) mass is 282 g/mol. The van der Waals surface area contributed by atoms with Crippen LogP contribution in [0.25, 0.3) is 0 Å². The van der Waals surface area contributed by atoms with Crippen molar-refractivity contribution in [2.24, 2.45) is 0 Å². The minimum absolute atomic E-state index is 0.389. The molecule has 0 aromatic rings. The van der Waals surface area contributed by atoms with Crippen LogP contribution < -0.4 is 0 Å². The van der Waals surface area contributed by atoms with E-state index in [1.165, 1.54) is 21.8 Å². The molecule has 0 radical (unpaired) electrons. The van der Waals surface area contributed by atoms with Gasteiger partial charge < -0.3 is 4.81 Å². The molecule has 4 amide bonds. The van der Waals surface area contributed by atoms with Crippen molar-refractivity contribution in [1.29, 1.82) is 0 Å². The number of carbonyl (C=O) groups excluding carboxylic acids is 4. The van der Waals surface area contributed by atoms with Crippen LogP contribution >= 0.6 is 0 Å². The number of rotatable bonds is 5. The van der Waals surface area contributed by atoms with Gasteiger partial charge in [0, 0.05) is 19.4 Å². The van der Waals surface area contributed by atoms with Gasteiger partial charge in [0.2, 0.25) is 31.6 Å². The van der Waals surface area contributed by atoms with Crippen LogP contribution in [0.1, 0.15) is 53.9 Å². The molecule has 20 heavy (non-hydrogen) atoms. The van der Waals surface area contributed by atoms with E-state index in [0.717, 1.165) is 9.71 Å². The fourth-order valence-corrected chi connectivity index (χ4v) is 1.93. The standard InChI is InChI=1S/C13H23BN2O4/c1-6-13(5,7-2)15(9(3)17)11(19)8-12(20)16(14)10(4)18/h6-8,14H2,1-5H3. The van der Waals surface area contributed by atoms with Crippen molar-refractivity contribution in [2.75, 3.05) is 0 Å². The van der Waals surface area contributed by atoms with Crippen molar-refractivity contribution in [3.05, 3.63) is 0 Å². The second-order valence-electron chi connectivity index (χ2n) is 5.10. The molecular formula is C13H23BN2O4. The molecule has 0 bridgehead atoms. The van der Waals surface area contributed by atoms with E-state index >= 15 is 0 Å². The summed E-state index contributed by atoms with van der Waals surface area (Å²) in [5.74, 6) is -2.00. The molecule has 0 rings (SSSR count). The topological polar surface area (TPSA) is 74.8 Å². The van der Waals surface area contributed by atoms with E-state index in [0.29, 0.717) is 12.8 Å². The van der Waals surface area contributed by atoms with Gasteiger partial charge in [0.15, 0.2) is 0 Å². The highest BCUT2D eigenvalue weighted by Crippen LogP contribution is 2.24. The highest BCUT2D eigenvalue weighted by atomic mass is 16.2. The van der Waals surface area contributed by atoms with Crippen LogP contribution in [0.2, 0.25) is 0 Å². The number of nitrogens with zero attached hydrogens (tertiary/aromatic N) is 2. The molecule has 0 saturated heterocycles. The maximum Gasteiger partial charge on any atom is 0.239 e. The van der Waals surface area contributed by atoms with Crippen LogP contribution in [0.5, 0.6) is 0 Å². The van der Waals surface area contributed by atoms with E-state index < -0.39 is 29.7 Å². The first-order valence-corrected chi connectivity index (χ1v) is 6.71. The Morgan fingerprint density at radius 2 is 1.40 bits per heavy atom. The number of hydrogen-bond donors (Lipinski definition) is 0. The first kappa shape index (κ1) is 18.3. The predicted octanol–water partition coefficient (Wildman–Crippen LogP) is 0.253. The predicted molar refractivity (Wildman–Crippen MR) is 77.2 cm³/mol. The van der Waals surface area contributed by atoms with E-state index in [2.05, 4.69) is 0 Å². The average molecular weight is 282 g/mol. The van der Waals surface area contributed by atoms with Gasteiger partial charge in [0.25, 0.3) is 0 Å². The van der Waals surface area contributed by atoms with Crippen LogP contribution in [0.4, 0.5) is 0 Å². The lowest BCUT2D eigenvalue weighted by Gasteiger charge is -2.38. The maximum atomic E-state index is 12.2. The van der Waals surface area contributed by atoms with Gasteiger partial charge in [-0.25, -0.2) is 0 Å². The van der Waals surface area contributed by atoms with Gasteiger partial charge in [-0.15, -0.1) is 0 Å². The van der Waals surface area contributed by atoms with Crippen LogP contribution in [0.3, 0.4) is 0 Å². The molecular weight excluding hydrogens is 259 g/mol. The third-order valence-electron chi connectivity index (χ3n) is 3.78. The fraction of sp³-hybridized carbons (Fsp3) is 0.692. The molecule has 0 atom stereocenters. The Balaban J connectivity index is 5.16. The second kappa shape index (κ2) is 7.21. The zero-order valence-electron chi connectivity index (χ0n) is 13.1. The molecule has 0 heterocycles. The van der Waals surface area contributed by atoms with Gasteiger partial charge in [0.1, 0.15) is 6.42 Å². The van der Waals surface area contributed by atoms with Crippen LogP contribution in [-0.2, 0) is 19.2 Å². The molecule has 0 fully saturated rings. The smallest absolute Gasteiger partial charge is 0.239 e. The quantitative estimate of drug-likeness (QED) is 0.535. The lowest BCUT2D eigenvalue weighted by atomic mass is 9.92. The third-order valence-corrected chi connectivity index (χ3v) is 3.78.